The van der Waals surface area contributed by atoms with E-state index in [-0.39, 0.29) is 30.3 Å². The van der Waals surface area contributed by atoms with Crippen LogP contribution >= 0.6 is 11.6 Å². The third-order valence-corrected chi connectivity index (χ3v) is 9.58. The maximum atomic E-state index is 14.0. The van der Waals surface area contributed by atoms with Crippen LogP contribution in [0.5, 0.6) is 0 Å². The van der Waals surface area contributed by atoms with Crippen LogP contribution in [0.3, 0.4) is 0 Å². The molecule has 1 aliphatic carbocycles. The van der Waals surface area contributed by atoms with Crippen molar-refractivity contribution in [2.45, 2.75) is 41.8 Å². The van der Waals surface area contributed by atoms with Gasteiger partial charge in [0.25, 0.3) is 0 Å². The fourth-order valence-corrected chi connectivity index (χ4v) is 6.92. The van der Waals surface area contributed by atoms with Gasteiger partial charge in [-0.1, -0.05) is 54.1 Å². The van der Waals surface area contributed by atoms with Crippen molar-refractivity contribution in [2.75, 3.05) is 19.6 Å². The van der Waals surface area contributed by atoms with Crippen molar-refractivity contribution in [1.29, 1.82) is 0 Å². The molecule has 1 saturated heterocycles. The highest BCUT2D eigenvalue weighted by Gasteiger charge is 2.68. The highest BCUT2D eigenvalue weighted by atomic mass is 35.5. The number of benzene rings is 2. The molecule has 10 nitrogen and oxygen atoms in total. The molecule has 2 fully saturated rings. The molecular weight excluding hydrogens is 627 g/mol. The first-order valence-corrected chi connectivity index (χ1v) is 15.1. The molecule has 1 aromatic heterocycles. The van der Waals surface area contributed by atoms with Crippen molar-refractivity contribution in [3.8, 4) is 11.3 Å². The van der Waals surface area contributed by atoms with Crippen molar-refractivity contribution < 1.29 is 46.2 Å². The van der Waals surface area contributed by atoms with Gasteiger partial charge in [-0.05, 0) is 42.7 Å². The van der Waals surface area contributed by atoms with Gasteiger partial charge in [-0.2, -0.15) is 17.5 Å². The zero-order chi connectivity index (χ0) is 32.3. The third kappa shape index (κ3) is 7.03. The Kier molecular flexibility index (Phi) is 9.66. The molecule has 1 aliphatic heterocycles. The van der Waals surface area contributed by atoms with Gasteiger partial charge in [0.1, 0.15) is 10.4 Å². The highest BCUT2D eigenvalue weighted by Crippen LogP contribution is 2.57. The molecule has 44 heavy (non-hydrogen) atoms. The number of aliphatic carboxylic acids is 2. The average Bonchev–Trinajstić information content (AvgIpc) is 3.61. The Morgan fingerprint density at radius 2 is 1.68 bits per heavy atom. The van der Waals surface area contributed by atoms with Gasteiger partial charge >= 0.3 is 18.1 Å². The zero-order valence-corrected chi connectivity index (χ0v) is 24.5. The van der Waals surface area contributed by atoms with Crippen LogP contribution in [0.1, 0.15) is 30.7 Å². The molecule has 1 amide bonds. The van der Waals surface area contributed by atoms with Gasteiger partial charge in [0.05, 0.1) is 5.69 Å². The van der Waals surface area contributed by atoms with Crippen LogP contribution in [0.4, 0.5) is 13.2 Å². The van der Waals surface area contributed by atoms with Gasteiger partial charge < -0.3 is 15.1 Å². The second-order valence-corrected chi connectivity index (χ2v) is 12.4. The van der Waals surface area contributed by atoms with Gasteiger partial charge in [-0.3, -0.25) is 14.6 Å². The molecule has 15 heteroatoms. The van der Waals surface area contributed by atoms with E-state index in [1.165, 1.54) is 12.3 Å². The molecule has 0 bridgehead atoms. The Bertz CT molecular complexity index is 1620. The molecule has 2 heterocycles. The van der Waals surface area contributed by atoms with Crippen LogP contribution < -0.4 is 0 Å². The zero-order valence-electron chi connectivity index (χ0n) is 22.9. The maximum Gasteiger partial charge on any atom is 0.490 e. The predicted molar refractivity (Wildman–Crippen MR) is 152 cm³/mol. The number of rotatable bonds is 9. The molecular formula is C29H27ClF3N3O7S. The summed E-state index contributed by atoms with van der Waals surface area (Å²) >= 11 is 5.96. The summed E-state index contributed by atoms with van der Waals surface area (Å²) in [5.74, 6) is -4.52. The van der Waals surface area contributed by atoms with Crippen molar-refractivity contribution >= 4 is 39.5 Å². The van der Waals surface area contributed by atoms with Crippen molar-refractivity contribution in [3.63, 3.8) is 0 Å². The van der Waals surface area contributed by atoms with Gasteiger partial charge in [-0.15, -0.1) is 0 Å². The average molecular weight is 654 g/mol. The number of carboxylic acid groups (broad SMARTS) is 2. The first-order valence-electron chi connectivity index (χ1n) is 13.3. The minimum absolute atomic E-state index is 0.0499. The minimum Gasteiger partial charge on any atom is -0.480 e. The Morgan fingerprint density at radius 3 is 2.18 bits per heavy atom. The Balaban J connectivity index is 0.000000566. The lowest BCUT2D eigenvalue weighted by Crippen LogP contribution is -2.51. The molecule has 3 aromatic rings. The lowest BCUT2D eigenvalue weighted by atomic mass is 10.1. The summed E-state index contributed by atoms with van der Waals surface area (Å²) in [6.45, 7) is 0.541. The number of halogens is 4. The molecule has 0 radical (unpaired) electrons. The number of carbonyl (C=O) groups is 3. The normalized spacial score (nSPS) is 19.8. The van der Waals surface area contributed by atoms with E-state index in [4.69, 9.17) is 21.5 Å². The number of likely N-dealkylation sites (tertiary alicyclic amines) is 1. The SMILES string of the molecule is O=C(O)C(F)(F)F.O=C1CCCN1CCN([C@]1(C(=O)O)C[C@H]1c1ccccc1)S(=O)(=O)c1ccc(-c2ccc(Cl)cc2)nc1. The summed E-state index contributed by atoms with van der Waals surface area (Å²) in [6, 6.07) is 19.1. The summed E-state index contributed by atoms with van der Waals surface area (Å²) < 4.78 is 60.8. The first-order chi connectivity index (χ1) is 20.7. The fraction of sp³-hybridized carbons (Fsp3) is 0.310. The van der Waals surface area contributed by atoms with E-state index >= 15 is 0 Å². The lowest BCUT2D eigenvalue weighted by molar-refractivity contribution is -0.192. The summed E-state index contributed by atoms with van der Waals surface area (Å²) in [5.41, 5.74) is 0.452. The summed E-state index contributed by atoms with van der Waals surface area (Å²) in [7, 11) is -4.27. The Labute approximate surface area is 255 Å². The number of alkyl halides is 3. The number of pyridine rings is 1. The number of hydrogen-bond donors (Lipinski definition) is 2. The number of carbonyl (C=O) groups excluding carboxylic acids is 1. The quantitative estimate of drug-likeness (QED) is 0.339. The van der Waals surface area contributed by atoms with Crippen LogP contribution in [0.2, 0.25) is 5.02 Å². The number of amides is 1. The lowest BCUT2D eigenvalue weighted by Gasteiger charge is -2.31. The van der Waals surface area contributed by atoms with E-state index in [2.05, 4.69) is 4.98 Å². The van der Waals surface area contributed by atoms with E-state index in [0.717, 1.165) is 15.4 Å². The molecule has 2 N–H and O–H groups in total. The number of hydrogen-bond acceptors (Lipinski definition) is 6. The van der Waals surface area contributed by atoms with E-state index in [1.807, 2.05) is 18.2 Å². The first kappa shape index (κ1) is 32.9. The fourth-order valence-electron chi connectivity index (χ4n) is 5.09. The van der Waals surface area contributed by atoms with E-state index in [0.29, 0.717) is 30.1 Å². The molecule has 1 saturated carbocycles. The standard InChI is InChI=1S/C27H26ClN3O5S.C2HF3O2/c28-21-10-8-20(9-11-21)24-13-12-22(18-29-24)37(35,36)31(16-15-30-14-4-7-25(30)32)27(26(33)34)17-23(27)19-5-2-1-3-6-19;3-2(4,5)1(6)7/h1-3,5-6,8-13,18,23H,4,7,14-17H2,(H,33,34);(H,6,7)/t23-,27+;/m0./s1. The molecule has 2 atom stereocenters. The summed E-state index contributed by atoms with van der Waals surface area (Å²) in [6.07, 6.45) is -2.56. The monoisotopic (exact) mass is 653 g/mol. The third-order valence-electron chi connectivity index (χ3n) is 7.40. The molecule has 0 unspecified atom stereocenters. The molecule has 5 rings (SSSR count). The second kappa shape index (κ2) is 12.9. The second-order valence-electron chi connectivity index (χ2n) is 10.1. The van der Waals surface area contributed by atoms with Crippen molar-refractivity contribution in [1.82, 2.24) is 14.2 Å². The molecule has 0 spiro atoms. The molecule has 2 aromatic carbocycles. The number of nitrogens with zero attached hydrogens (tertiary/aromatic N) is 3. The predicted octanol–water partition coefficient (Wildman–Crippen LogP) is 4.66. The van der Waals surface area contributed by atoms with Gasteiger partial charge in [0.2, 0.25) is 15.9 Å². The molecule has 234 valence electrons. The maximum absolute atomic E-state index is 14.0. The number of aromatic nitrogens is 1. The van der Waals surface area contributed by atoms with Gasteiger partial charge in [0, 0.05) is 48.8 Å². The summed E-state index contributed by atoms with van der Waals surface area (Å²) in [5, 5.41) is 18.1. The number of sulfonamides is 1. The highest BCUT2D eigenvalue weighted by molar-refractivity contribution is 7.89. The topological polar surface area (TPSA) is 145 Å². The van der Waals surface area contributed by atoms with Crippen LogP contribution in [-0.4, -0.2) is 82.0 Å². The van der Waals surface area contributed by atoms with Crippen LogP contribution in [0, 0.1) is 0 Å². The van der Waals surface area contributed by atoms with Gasteiger partial charge in [0.15, 0.2) is 0 Å². The Hall–Kier alpha value is -4.01. The van der Waals surface area contributed by atoms with Gasteiger partial charge in [-0.25, -0.2) is 13.2 Å². The smallest absolute Gasteiger partial charge is 0.480 e. The summed E-state index contributed by atoms with van der Waals surface area (Å²) in [4.78, 5) is 39.6. The van der Waals surface area contributed by atoms with Crippen LogP contribution in [0.25, 0.3) is 11.3 Å². The van der Waals surface area contributed by atoms with E-state index in [9.17, 15) is 36.3 Å². The number of carboxylic acids is 2. The largest absolute Gasteiger partial charge is 0.490 e. The Morgan fingerprint density at radius 1 is 1.05 bits per heavy atom. The van der Waals surface area contributed by atoms with E-state index < -0.39 is 39.6 Å². The molecule has 2 aliphatic rings. The van der Waals surface area contributed by atoms with E-state index in [1.54, 1.807) is 47.4 Å². The van der Waals surface area contributed by atoms with Crippen LogP contribution in [-0.2, 0) is 24.4 Å². The van der Waals surface area contributed by atoms with Crippen LogP contribution in [0.15, 0.2) is 77.8 Å². The van der Waals surface area contributed by atoms with Crippen molar-refractivity contribution in [2.24, 2.45) is 0 Å². The minimum atomic E-state index is -5.08. The van der Waals surface area contributed by atoms with Crippen molar-refractivity contribution in [3.05, 3.63) is 83.5 Å².